The molecule has 0 aliphatic carbocycles. The van der Waals surface area contributed by atoms with E-state index in [1.165, 1.54) is 11.0 Å². The molecule has 0 bridgehead atoms. The summed E-state index contributed by atoms with van der Waals surface area (Å²) in [5.41, 5.74) is 0.0947. The Kier molecular flexibility index (Phi) is 5.59. The number of rotatable bonds is 4. The van der Waals surface area contributed by atoms with Gasteiger partial charge in [-0.15, -0.1) is 0 Å². The van der Waals surface area contributed by atoms with Crippen molar-refractivity contribution in [2.24, 2.45) is 0 Å². The monoisotopic (exact) mass is 365 g/mol. The number of amides is 1. The lowest BCUT2D eigenvalue weighted by molar-refractivity contribution is 0.0788. The first-order valence-corrected chi connectivity index (χ1v) is 6.98. The van der Waals surface area contributed by atoms with Crippen LogP contribution in [0.25, 0.3) is 0 Å². The Morgan fingerprint density at radius 3 is 2.71 bits per heavy atom. The van der Waals surface area contributed by atoms with Crippen molar-refractivity contribution in [2.45, 2.75) is 18.2 Å². The average Bonchev–Trinajstić information content (AvgIpc) is 2.25. The molecule has 17 heavy (non-hydrogen) atoms. The molecule has 1 unspecified atom stereocenters. The van der Waals surface area contributed by atoms with Gasteiger partial charge in [-0.05, 0) is 34.5 Å². The zero-order chi connectivity index (χ0) is 13.0. The van der Waals surface area contributed by atoms with Crippen molar-refractivity contribution in [3.8, 4) is 0 Å². The number of alkyl halides is 1. The summed E-state index contributed by atoms with van der Waals surface area (Å²) < 4.78 is 14.1. The third-order valence-corrected chi connectivity index (χ3v) is 3.50. The van der Waals surface area contributed by atoms with E-state index in [1.807, 2.05) is 6.92 Å². The lowest BCUT2D eigenvalue weighted by Gasteiger charge is -2.19. The van der Waals surface area contributed by atoms with Crippen LogP contribution in [0.15, 0.2) is 22.7 Å². The normalized spacial score (nSPS) is 12.3. The van der Waals surface area contributed by atoms with Gasteiger partial charge in [-0.2, -0.15) is 0 Å². The van der Waals surface area contributed by atoms with Gasteiger partial charge < -0.3 is 4.90 Å². The van der Waals surface area contributed by atoms with Gasteiger partial charge in [0.1, 0.15) is 5.82 Å². The highest BCUT2D eigenvalue weighted by Crippen LogP contribution is 2.21. The summed E-state index contributed by atoms with van der Waals surface area (Å²) >= 11 is 6.62. The Bertz CT molecular complexity index is 389. The first-order chi connectivity index (χ1) is 7.93. The smallest absolute Gasteiger partial charge is 0.257 e. The molecule has 0 aliphatic heterocycles. The first kappa shape index (κ1) is 14.6. The molecular weight excluding hydrogens is 353 g/mol. The molecule has 2 nitrogen and oxygen atoms in total. The van der Waals surface area contributed by atoms with Crippen molar-refractivity contribution in [1.82, 2.24) is 4.90 Å². The molecule has 0 saturated carbocycles. The summed E-state index contributed by atoms with van der Waals surface area (Å²) in [6.07, 6.45) is 0.828. The van der Waals surface area contributed by atoms with Crippen molar-refractivity contribution in [1.29, 1.82) is 0 Å². The van der Waals surface area contributed by atoms with Crippen LogP contribution in [0.5, 0.6) is 0 Å². The van der Waals surface area contributed by atoms with Gasteiger partial charge in [-0.3, -0.25) is 4.79 Å². The van der Waals surface area contributed by atoms with Crippen LogP contribution in [0.2, 0.25) is 0 Å². The van der Waals surface area contributed by atoms with Gasteiger partial charge >= 0.3 is 0 Å². The van der Waals surface area contributed by atoms with Crippen LogP contribution in [0, 0.1) is 5.82 Å². The number of carbonyl (C=O) groups excluding carboxylic acids is 1. The molecule has 0 radical (unpaired) electrons. The van der Waals surface area contributed by atoms with Gasteiger partial charge in [-0.1, -0.05) is 28.9 Å². The molecule has 1 atom stereocenters. The predicted octanol–water partition coefficient (Wildman–Crippen LogP) is 3.83. The second-order valence-corrected chi connectivity index (χ2v) is 6.31. The van der Waals surface area contributed by atoms with Crippen LogP contribution in [-0.2, 0) is 0 Å². The highest BCUT2D eigenvalue weighted by atomic mass is 79.9. The fourth-order valence-electron chi connectivity index (χ4n) is 1.37. The maximum Gasteiger partial charge on any atom is 0.257 e. The van der Waals surface area contributed by atoms with Crippen LogP contribution in [0.3, 0.4) is 0 Å². The Labute approximate surface area is 117 Å². The maximum absolute atomic E-state index is 13.6. The van der Waals surface area contributed by atoms with Gasteiger partial charge in [-0.25, -0.2) is 4.39 Å². The van der Waals surface area contributed by atoms with Crippen molar-refractivity contribution in [3.63, 3.8) is 0 Å². The molecule has 0 aliphatic rings. The maximum atomic E-state index is 13.6. The van der Waals surface area contributed by atoms with Crippen LogP contribution in [0.1, 0.15) is 23.7 Å². The second-order valence-electron chi connectivity index (χ2n) is 3.89. The van der Waals surface area contributed by atoms with Gasteiger partial charge in [0.2, 0.25) is 0 Å². The van der Waals surface area contributed by atoms with E-state index in [-0.39, 0.29) is 11.5 Å². The van der Waals surface area contributed by atoms with Crippen LogP contribution >= 0.6 is 31.9 Å². The van der Waals surface area contributed by atoms with E-state index >= 15 is 0 Å². The zero-order valence-electron chi connectivity index (χ0n) is 9.71. The number of carbonyl (C=O) groups is 1. The summed E-state index contributed by atoms with van der Waals surface area (Å²) in [4.78, 5) is 13.9. The summed E-state index contributed by atoms with van der Waals surface area (Å²) in [7, 11) is 1.68. The summed E-state index contributed by atoms with van der Waals surface area (Å²) in [5.74, 6) is -0.800. The van der Waals surface area contributed by atoms with Gasteiger partial charge in [0.25, 0.3) is 5.91 Å². The highest BCUT2D eigenvalue weighted by molar-refractivity contribution is 9.10. The van der Waals surface area contributed by atoms with Gasteiger partial charge in [0.15, 0.2) is 0 Å². The van der Waals surface area contributed by atoms with Crippen LogP contribution < -0.4 is 0 Å². The standard InChI is InChI=1S/C12H14Br2FNO/c1-8(13)6-7-16(2)12(17)11-9(14)4-3-5-10(11)15/h3-5,8H,6-7H2,1-2H3. The van der Waals surface area contributed by atoms with Crippen molar-refractivity contribution < 1.29 is 9.18 Å². The lowest BCUT2D eigenvalue weighted by Crippen LogP contribution is -2.29. The Balaban J connectivity index is 2.82. The SMILES string of the molecule is CC(Br)CCN(C)C(=O)c1c(F)cccc1Br. The van der Waals surface area contributed by atoms with Gasteiger partial charge in [0, 0.05) is 22.9 Å². The number of halogens is 3. The molecule has 0 heterocycles. The zero-order valence-corrected chi connectivity index (χ0v) is 12.9. The fraction of sp³-hybridized carbons (Fsp3) is 0.417. The highest BCUT2D eigenvalue weighted by Gasteiger charge is 2.19. The third kappa shape index (κ3) is 4.07. The first-order valence-electron chi connectivity index (χ1n) is 5.27. The van der Waals surface area contributed by atoms with E-state index in [2.05, 4.69) is 31.9 Å². The van der Waals surface area contributed by atoms with E-state index in [0.29, 0.717) is 15.8 Å². The molecule has 1 rings (SSSR count). The molecule has 0 fully saturated rings. The Morgan fingerprint density at radius 2 is 2.18 bits per heavy atom. The van der Waals surface area contributed by atoms with Crippen molar-refractivity contribution >= 4 is 37.8 Å². The molecule has 0 spiro atoms. The molecule has 94 valence electrons. The lowest BCUT2D eigenvalue weighted by atomic mass is 10.2. The second kappa shape index (κ2) is 6.50. The molecule has 5 heteroatoms. The van der Waals surface area contributed by atoms with Crippen molar-refractivity contribution in [3.05, 3.63) is 34.1 Å². The third-order valence-electron chi connectivity index (χ3n) is 2.39. The largest absolute Gasteiger partial charge is 0.342 e. The summed E-state index contributed by atoms with van der Waals surface area (Å²) in [6.45, 7) is 2.60. The predicted molar refractivity (Wildman–Crippen MR) is 74.1 cm³/mol. The minimum absolute atomic E-state index is 0.0947. The quantitative estimate of drug-likeness (QED) is 0.741. The Morgan fingerprint density at radius 1 is 1.53 bits per heavy atom. The van der Waals surface area contributed by atoms with Crippen LogP contribution in [-0.4, -0.2) is 29.2 Å². The number of hydrogen-bond acceptors (Lipinski definition) is 1. The molecule has 1 aromatic carbocycles. The minimum Gasteiger partial charge on any atom is -0.342 e. The molecule has 0 N–H and O–H groups in total. The molecule has 0 aromatic heterocycles. The van der Waals surface area contributed by atoms with E-state index in [0.717, 1.165) is 6.42 Å². The summed E-state index contributed by atoms with van der Waals surface area (Å²) in [6, 6.07) is 4.52. The van der Waals surface area contributed by atoms with Gasteiger partial charge in [0.05, 0.1) is 5.56 Å². The number of benzene rings is 1. The van der Waals surface area contributed by atoms with Crippen LogP contribution in [0.4, 0.5) is 4.39 Å². The average molecular weight is 367 g/mol. The molecule has 0 saturated heterocycles. The topological polar surface area (TPSA) is 20.3 Å². The van der Waals surface area contributed by atoms with E-state index in [4.69, 9.17) is 0 Å². The minimum atomic E-state index is -0.497. The molecular formula is C12H14Br2FNO. The summed E-state index contributed by atoms with van der Waals surface area (Å²) in [5, 5.41) is 0. The van der Waals surface area contributed by atoms with E-state index in [1.54, 1.807) is 19.2 Å². The molecule has 1 amide bonds. The fourth-order valence-corrected chi connectivity index (χ4v) is 2.08. The van der Waals surface area contributed by atoms with E-state index < -0.39 is 5.82 Å². The number of hydrogen-bond donors (Lipinski definition) is 0. The van der Waals surface area contributed by atoms with E-state index in [9.17, 15) is 9.18 Å². The number of nitrogens with zero attached hydrogens (tertiary/aromatic N) is 1. The molecule has 1 aromatic rings. The van der Waals surface area contributed by atoms with Crippen molar-refractivity contribution in [2.75, 3.05) is 13.6 Å². The Hall–Kier alpha value is -0.420.